The Kier molecular flexibility index (Phi) is 6.38. The molecule has 1 saturated heterocycles. The number of carbonyl (C=O) groups excluding carboxylic acids is 2. The Morgan fingerprint density at radius 3 is 2.72 bits per heavy atom. The predicted molar refractivity (Wildman–Crippen MR) is 109 cm³/mol. The van der Waals surface area contributed by atoms with Gasteiger partial charge in [-0.3, -0.25) is 19.9 Å². The highest BCUT2D eigenvalue weighted by molar-refractivity contribution is 8.14. The summed E-state index contributed by atoms with van der Waals surface area (Å²) < 4.78 is 0. The first-order valence-electron chi connectivity index (χ1n) is 9.05. The third kappa shape index (κ3) is 4.86. The highest BCUT2D eigenvalue weighted by atomic mass is 32.2. The summed E-state index contributed by atoms with van der Waals surface area (Å²) >= 11 is 0.887. The molecule has 0 aromatic heterocycles. The molecule has 2 aliphatic rings. The van der Waals surface area contributed by atoms with Gasteiger partial charge in [-0.1, -0.05) is 54.2 Å². The van der Waals surface area contributed by atoms with Gasteiger partial charge in [-0.05, 0) is 25.0 Å². The molecule has 29 heavy (non-hydrogen) atoms. The minimum atomic E-state index is -1.11. The van der Waals surface area contributed by atoms with Gasteiger partial charge in [-0.2, -0.15) is 5.11 Å². The maximum Gasteiger partial charge on any atom is 0.335 e. The lowest BCUT2D eigenvalue weighted by Crippen LogP contribution is -2.40. The SMILES string of the molecule is CC(/N=N/C(=N)SC1CC(=O)N(C2C=C(C(=O)O)C=CC2)C1=O)c1ccccc1. The molecule has 1 heterocycles. The minimum Gasteiger partial charge on any atom is -0.478 e. The van der Waals surface area contributed by atoms with E-state index in [9.17, 15) is 14.4 Å². The maximum atomic E-state index is 12.7. The van der Waals surface area contributed by atoms with E-state index in [-0.39, 0.29) is 29.1 Å². The number of carbonyl (C=O) groups is 3. The molecule has 150 valence electrons. The first kappa shape index (κ1) is 20.7. The van der Waals surface area contributed by atoms with E-state index in [1.807, 2.05) is 37.3 Å². The molecule has 8 nitrogen and oxygen atoms in total. The number of azo groups is 1. The number of amidine groups is 1. The first-order chi connectivity index (χ1) is 13.9. The minimum absolute atomic E-state index is 0.0495. The smallest absolute Gasteiger partial charge is 0.335 e. The average molecular weight is 412 g/mol. The summed E-state index contributed by atoms with van der Waals surface area (Å²) in [6.45, 7) is 1.85. The molecular formula is C20H20N4O4S. The maximum absolute atomic E-state index is 12.7. The summed E-state index contributed by atoms with van der Waals surface area (Å²) in [5, 5.41) is 24.2. The number of imide groups is 1. The van der Waals surface area contributed by atoms with E-state index >= 15 is 0 Å². The Morgan fingerprint density at radius 2 is 2.03 bits per heavy atom. The summed E-state index contributed by atoms with van der Waals surface area (Å²) in [5.41, 5.74) is 1.01. The van der Waals surface area contributed by atoms with Crippen molar-refractivity contribution >= 4 is 34.7 Å². The van der Waals surface area contributed by atoms with Crippen LogP contribution in [0, 0.1) is 5.41 Å². The van der Waals surface area contributed by atoms with Crippen LogP contribution < -0.4 is 0 Å². The zero-order chi connectivity index (χ0) is 21.0. The molecule has 1 aliphatic heterocycles. The number of thioether (sulfide) groups is 1. The van der Waals surface area contributed by atoms with Gasteiger partial charge in [-0.15, -0.1) is 5.11 Å². The quantitative estimate of drug-likeness (QED) is 0.332. The van der Waals surface area contributed by atoms with E-state index in [1.165, 1.54) is 12.2 Å². The molecule has 1 aromatic rings. The number of rotatable bonds is 5. The second-order valence-corrected chi connectivity index (χ2v) is 7.84. The summed E-state index contributed by atoms with van der Waals surface area (Å²) in [6.07, 6.45) is 4.83. The number of likely N-dealkylation sites (tertiary alicyclic amines) is 1. The predicted octanol–water partition coefficient (Wildman–Crippen LogP) is 3.33. The monoisotopic (exact) mass is 412 g/mol. The van der Waals surface area contributed by atoms with Gasteiger partial charge < -0.3 is 5.11 Å². The number of aliphatic carboxylic acids is 1. The molecule has 2 N–H and O–H groups in total. The summed E-state index contributed by atoms with van der Waals surface area (Å²) in [4.78, 5) is 37.3. The summed E-state index contributed by atoms with van der Waals surface area (Å²) in [6, 6.07) is 8.65. The fourth-order valence-electron chi connectivity index (χ4n) is 3.15. The van der Waals surface area contributed by atoms with E-state index in [0.717, 1.165) is 22.2 Å². The summed E-state index contributed by atoms with van der Waals surface area (Å²) in [7, 11) is 0. The van der Waals surface area contributed by atoms with Gasteiger partial charge in [0.1, 0.15) is 5.25 Å². The zero-order valence-electron chi connectivity index (χ0n) is 15.7. The molecule has 1 fully saturated rings. The Balaban J connectivity index is 1.62. The van der Waals surface area contributed by atoms with Gasteiger partial charge in [0.2, 0.25) is 17.0 Å². The van der Waals surface area contributed by atoms with Crippen LogP contribution in [0.3, 0.4) is 0 Å². The lowest BCUT2D eigenvalue weighted by Gasteiger charge is -2.25. The Labute approximate surface area is 171 Å². The Morgan fingerprint density at radius 1 is 1.31 bits per heavy atom. The van der Waals surface area contributed by atoms with Gasteiger partial charge in [-0.25, -0.2) is 4.79 Å². The lowest BCUT2D eigenvalue weighted by molar-refractivity contribution is -0.140. The highest BCUT2D eigenvalue weighted by Gasteiger charge is 2.43. The van der Waals surface area contributed by atoms with E-state index < -0.39 is 23.2 Å². The number of benzene rings is 1. The molecular weight excluding hydrogens is 392 g/mol. The van der Waals surface area contributed by atoms with Crippen molar-refractivity contribution in [2.24, 2.45) is 10.2 Å². The van der Waals surface area contributed by atoms with Crippen molar-refractivity contribution in [3.05, 3.63) is 59.7 Å². The second kappa shape index (κ2) is 8.95. The average Bonchev–Trinajstić information content (AvgIpc) is 2.99. The van der Waals surface area contributed by atoms with Crippen LogP contribution in [-0.4, -0.2) is 44.2 Å². The van der Waals surface area contributed by atoms with Crippen molar-refractivity contribution in [1.29, 1.82) is 5.41 Å². The molecule has 0 bridgehead atoms. The van der Waals surface area contributed by atoms with Crippen LogP contribution in [0.15, 0.2) is 64.4 Å². The zero-order valence-corrected chi connectivity index (χ0v) is 16.5. The second-order valence-electron chi connectivity index (χ2n) is 6.65. The fraction of sp³-hybridized carbons (Fsp3) is 0.300. The summed E-state index contributed by atoms with van der Waals surface area (Å²) in [5.74, 6) is -1.92. The van der Waals surface area contributed by atoms with Crippen LogP contribution >= 0.6 is 11.8 Å². The normalized spacial score (nSPS) is 22.8. The number of nitrogens with zero attached hydrogens (tertiary/aromatic N) is 3. The number of carboxylic acid groups (broad SMARTS) is 1. The number of carboxylic acids is 1. The van der Waals surface area contributed by atoms with Crippen molar-refractivity contribution in [1.82, 2.24) is 4.90 Å². The van der Waals surface area contributed by atoms with Crippen molar-refractivity contribution in [2.45, 2.75) is 37.1 Å². The van der Waals surface area contributed by atoms with Crippen LogP contribution in [0.4, 0.5) is 0 Å². The number of hydrogen-bond donors (Lipinski definition) is 2. The third-order valence-corrected chi connectivity index (χ3v) is 5.58. The van der Waals surface area contributed by atoms with Crippen molar-refractivity contribution in [2.75, 3.05) is 0 Å². The van der Waals surface area contributed by atoms with Gasteiger partial charge in [0.25, 0.3) is 0 Å². The van der Waals surface area contributed by atoms with E-state index in [4.69, 9.17) is 10.5 Å². The van der Waals surface area contributed by atoms with Crippen molar-refractivity contribution in [3.63, 3.8) is 0 Å². The van der Waals surface area contributed by atoms with Gasteiger partial charge in [0.05, 0.1) is 17.7 Å². The number of amides is 2. The standard InChI is InChI=1S/C20H20N4O4S/c1-12(13-6-3-2-4-7-13)22-23-20(21)29-16-11-17(25)24(18(16)26)15-9-5-8-14(10-15)19(27)28/h2-8,10,12,15-16,21H,9,11H2,1H3,(H,27,28)/b21-20?,23-22+. The van der Waals surface area contributed by atoms with Gasteiger partial charge in [0, 0.05) is 6.42 Å². The van der Waals surface area contributed by atoms with E-state index in [0.29, 0.717) is 6.42 Å². The molecule has 3 atom stereocenters. The molecule has 3 unspecified atom stereocenters. The number of nitrogens with one attached hydrogen (secondary N) is 1. The molecule has 0 radical (unpaired) electrons. The molecule has 3 rings (SSSR count). The molecule has 9 heteroatoms. The third-order valence-electron chi connectivity index (χ3n) is 4.62. The van der Waals surface area contributed by atoms with Crippen molar-refractivity contribution < 1.29 is 19.5 Å². The van der Waals surface area contributed by atoms with Crippen LogP contribution in [0.5, 0.6) is 0 Å². The molecule has 2 amide bonds. The van der Waals surface area contributed by atoms with Gasteiger partial charge in [0.15, 0.2) is 0 Å². The van der Waals surface area contributed by atoms with Crippen molar-refractivity contribution in [3.8, 4) is 0 Å². The Bertz CT molecular complexity index is 926. The number of hydrogen-bond acceptors (Lipinski definition) is 6. The molecule has 1 aromatic carbocycles. The Hall–Kier alpha value is -3.07. The van der Waals surface area contributed by atoms with Crippen LogP contribution in [0.25, 0.3) is 0 Å². The molecule has 1 aliphatic carbocycles. The van der Waals surface area contributed by atoms with Crippen LogP contribution in [-0.2, 0) is 14.4 Å². The highest BCUT2D eigenvalue weighted by Crippen LogP contribution is 2.30. The topological polar surface area (TPSA) is 123 Å². The molecule has 0 spiro atoms. The van der Waals surface area contributed by atoms with Crippen LogP contribution in [0.1, 0.15) is 31.4 Å². The first-order valence-corrected chi connectivity index (χ1v) is 9.93. The van der Waals surface area contributed by atoms with Crippen LogP contribution in [0.2, 0.25) is 0 Å². The lowest BCUT2D eigenvalue weighted by atomic mass is 10.0. The largest absolute Gasteiger partial charge is 0.478 e. The fourth-order valence-corrected chi connectivity index (χ4v) is 3.95. The van der Waals surface area contributed by atoms with E-state index in [1.54, 1.807) is 6.08 Å². The molecule has 0 saturated carbocycles. The van der Waals surface area contributed by atoms with Gasteiger partial charge >= 0.3 is 5.97 Å². The van der Waals surface area contributed by atoms with E-state index in [2.05, 4.69) is 10.2 Å².